The number of hydrogen-bond acceptors (Lipinski definition) is 6. The van der Waals surface area contributed by atoms with Gasteiger partial charge in [-0.1, -0.05) is 6.08 Å². The van der Waals surface area contributed by atoms with Gasteiger partial charge in [-0.25, -0.2) is 0 Å². The number of ketones is 3. The van der Waals surface area contributed by atoms with Crippen LogP contribution >= 0.6 is 0 Å². The highest BCUT2D eigenvalue weighted by molar-refractivity contribution is 6.10. The van der Waals surface area contributed by atoms with Gasteiger partial charge in [0.15, 0.2) is 28.8 Å². The maximum absolute atomic E-state index is 12.6. The molecule has 0 aliphatic carbocycles. The molecule has 2 aromatic carbocycles. The molecule has 0 bridgehead atoms. The van der Waals surface area contributed by atoms with E-state index in [1.54, 1.807) is 18.2 Å². The Kier molecular flexibility index (Phi) is 6.71. The topological polar surface area (TPSA) is 78.9 Å². The Bertz CT molecular complexity index is 898. The summed E-state index contributed by atoms with van der Waals surface area (Å²) in [5.74, 6) is 0.613. The van der Waals surface area contributed by atoms with Crippen molar-refractivity contribution in [3.05, 3.63) is 58.7 Å². The third-order valence-electron chi connectivity index (χ3n) is 4.14. The highest BCUT2D eigenvalue weighted by Gasteiger charge is 2.14. The van der Waals surface area contributed by atoms with Gasteiger partial charge >= 0.3 is 0 Å². The van der Waals surface area contributed by atoms with Crippen LogP contribution in [0.4, 0.5) is 0 Å². The highest BCUT2D eigenvalue weighted by Crippen LogP contribution is 2.38. The second-order valence-electron chi connectivity index (χ2n) is 6.07. The summed E-state index contributed by atoms with van der Waals surface area (Å²) in [5, 5.41) is 0. The maximum atomic E-state index is 12.6. The van der Waals surface area contributed by atoms with Crippen molar-refractivity contribution in [2.45, 2.75) is 13.8 Å². The number of carbonyl (C=O) groups is 3. The number of ether oxygens (including phenoxy) is 3. The average Bonchev–Trinajstić information content (AvgIpc) is 2.70. The van der Waals surface area contributed by atoms with E-state index in [0.717, 1.165) is 0 Å². The van der Waals surface area contributed by atoms with Crippen LogP contribution in [0.3, 0.4) is 0 Å². The van der Waals surface area contributed by atoms with Crippen LogP contribution in [0.5, 0.6) is 17.2 Å². The molecular weight excluding hydrogens is 360 g/mol. The lowest BCUT2D eigenvalue weighted by molar-refractivity contribution is 0.101. The van der Waals surface area contributed by atoms with E-state index in [-0.39, 0.29) is 22.9 Å². The first-order chi connectivity index (χ1) is 13.3. The molecule has 0 radical (unpaired) electrons. The third kappa shape index (κ3) is 4.65. The smallest absolute Gasteiger partial charge is 0.203 e. The molecule has 146 valence electrons. The third-order valence-corrected chi connectivity index (χ3v) is 4.14. The zero-order valence-corrected chi connectivity index (χ0v) is 16.5. The number of carbonyl (C=O) groups excluding carboxylic acids is 3. The molecule has 0 spiro atoms. The average molecular weight is 382 g/mol. The van der Waals surface area contributed by atoms with Crippen molar-refractivity contribution in [3.8, 4) is 17.2 Å². The SMILES string of the molecule is COc1cc(/C=C/C(=O)c2cc(C(C)=O)cc(C(C)=O)c2)cc(OC)c1OC. The summed E-state index contributed by atoms with van der Waals surface area (Å²) in [6.45, 7) is 2.78. The second-order valence-corrected chi connectivity index (χ2v) is 6.07. The summed E-state index contributed by atoms with van der Waals surface area (Å²) in [4.78, 5) is 36.0. The minimum Gasteiger partial charge on any atom is -0.493 e. The fourth-order valence-electron chi connectivity index (χ4n) is 2.64. The molecule has 6 nitrogen and oxygen atoms in total. The van der Waals surface area contributed by atoms with E-state index in [2.05, 4.69) is 0 Å². The summed E-state index contributed by atoms with van der Waals surface area (Å²) < 4.78 is 15.9. The van der Waals surface area contributed by atoms with Gasteiger partial charge in [0, 0.05) is 16.7 Å². The van der Waals surface area contributed by atoms with Gasteiger partial charge in [0.25, 0.3) is 0 Å². The molecule has 0 heterocycles. The van der Waals surface area contributed by atoms with E-state index in [0.29, 0.717) is 33.9 Å². The van der Waals surface area contributed by atoms with Crippen molar-refractivity contribution in [2.75, 3.05) is 21.3 Å². The Hall–Kier alpha value is -3.41. The largest absolute Gasteiger partial charge is 0.493 e. The van der Waals surface area contributed by atoms with Gasteiger partial charge in [0.2, 0.25) is 5.75 Å². The van der Waals surface area contributed by atoms with Crippen molar-refractivity contribution in [1.82, 2.24) is 0 Å². The van der Waals surface area contributed by atoms with Crippen LogP contribution in [0.15, 0.2) is 36.4 Å². The highest BCUT2D eigenvalue weighted by atomic mass is 16.5. The Balaban J connectivity index is 2.41. The molecule has 0 unspecified atom stereocenters. The van der Waals surface area contributed by atoms with E-state index in [1.165, 1.54) is 59.5 Å². The summed E-state index contributed by atoms with van der Waals surface area (Å²) in [7, 11) is 4.52. The summed E-state index contributed by atoms with van der Waals surface area (Å²) in [6.07, 6.45) is 2.96. The molecule has 0 amide bonds. The van der Waals surface area contributed by atoms with Crippen molar-refractivity contribution < 1.29 is 28.6 Å². The normalized spacial score (nSPS) is 10.6. The lowest BCUT2D eigenvalue weighted by Crippen LogP contribution is -2.04. The van der Waals surface area contributed by atoms with Gasteiger partial charge in [0.05, 0.1) is 21.3 Å². The van der Waals surface area contributed by atoms with Crippen LogP contribution in [-0.4, -0.2) is 38.7 Å². The molecule has 0 saturated heterocycles. The molecule has 2 rings (SSSR count). The molecule has 28 heavy (non-hydrogen) atoms. The molecule has 2 aromatic rings. The number of Topliss-reactive ketones (excluding diaryl/α,β-unsaturated/α-hetero) is 2. The van der Waals surface area contributed by atoms with E-state index in [9.17, 15) is 14.4 Å². The fourth-order valence-corrected chi connectivity index (χ4v) is 2.64. The van der Waals surface area contributed by atoms with Crippen molar-refractivity contribution in [1.29, 1.82) is 0 Å². The molecule has 0 aliphatic heterocycles. The van der Waals surface area contributed by atoms with E-state index < -0.39 is 0 Å². The number of methoxy groups -OCH3 is 3. The van der Waals surface area contributed by atoms with Gasteiger partial charge in [-0.05, 0) is 55.8 Å². The molecule has 0 saturated carbocycles. The number of benzene rings is 2. The van der Waals surface area contributed by atoms with Gasteiger partial charge in [-0.15, -0.1) is 0 Å². The second kappa shape index (κ2) is 8.99. The van der Waals surface area contributed by atoms with E-state index in [1.807, 2.05) is 0 Å². The van der Waals surface area contributed by atoms with Crippen molar-refractivity contribution in [2.24, 2.45) is 0 Å². The fraction of sp³-hybridized carbons (Fsp3) is 0.227. The Morgan fingerprint density at radius 1 is 0.714 bits per heavy atom. The van der Waals surface area contributed by atoms with Crippen LogP contribution in [-0.2, 0) is 0 Å². The lowest BCUT2D eigenvalue weighted by atomic mass is 9.98. The van der Waals surface area contributed by atoms with Crippen molar-refractivity contribution >= 4 is 23.4 Å². The molecule has 0 fully saturated rings. The first kappa shape index (κ1) is 20.9. The monoisotopic (exact) mass is 382 g/mol. The molecule has 0 aliphatic rings. The summed E-state index contributed by atoms with van der Waals surface area (Å²) in [5.41, 5.74) is 1.56. The quantitative estimate of drug-likeness (QED) is 0.507. The number of allylic oxidation sites excluding steroid dienone is 1. The van der Waals surface area contributed by atoms with Crippen LogP contribution in [0.25, 0.3) is 6.08 Å². The minimum atomic E-state index is -0.334. The minimum absolute atomic E-state index is 0.217. The van der Waals surface area contributed by atoms with Crippen LogP contribution in [0.2, 0.25) is 0 Å². The molecule has 0 atom stereocenters. The van der Waals surface area contributed by atoms with Crippen LogP contribution in [0.1, 0.15) is 50.5 Å². The van der Waals surface area contributed by atoms with Gasteiger partial charge < -0.3 is 14.2 Å². The Morgan fingerprint density at radius 2 is 1.18 bits per heavy atom. The van der Waals surface area contributed by atoms with E-state index >= 15 is 0 Å². The molecule has 6 heteroatoms. The summed E-state index contributed by atoms with van der Waals surface area (Å²) in [6, 6.07) is 7.87. The zero-order chi connectivity index (χ0) is 20.8. The molecule has 0 aromatic heterocycles. The van der Waals surface area contributed by atoms with Crippen LogP contribution in [0, 0.1) is 0 Å². The van der Waals surface area contributed by atoms with Gasteiger partial charge in [-0.2, -0.15) is 0 Å². The summed E-state index contributed by atoms with van der Waals surface area (Å²) >= 11 is 0. The molecule has 0 N–H and O–H groups in total. The lowest BCUT2D eigenvalue weighted by Gasteiger charge is -2.12. The van der Waals surface area contributed by atoms with Crippen LogP contribution < -0.4 is 14.2 Å². The Labute approximate surface area is 163 Å². The van der Waals surface area contributed by atoms with Gasteiger partial charge in [-0.3, -0.25) is 14.4 Å². The standard InChI is InChI=1S/C22H22O6/c1-13(23)16-10-17(14(2)24)12-18(11-16)19(25)7-6-15-8-20(26-3)22(28-5)21(9-15)27-4/h6-12H,1-5H3/b7-6+. The maximum Gasteiger partial charge on any atom is 0.203 e. The van der Waals surface area contributed by atoms with Gasteiger partial charge in [0.1, 0.15) is 0 Å². The molecular formula is C22H22O6. The predicted octanol–water partition coefficient (Wildman–Crippen LogP) is 4.01. The zero-order valence-electron chi connectivity index (χ0n) is 16.5. The first-order valence-electron chi connectivity index (χ1n) is 8.50. The van der Waals surface area contributed by atoms with E-state index in [4.69, 9.17) is 14.2 Å². The van der Waals surface area contributed by atoms with Crippen molar-refractivity contribution in [3.63, 3.8) is 0 Å². The predicted molar refractivity (Wildman–Crippen MR) is 106 cm³/mol. The Morgan fingerprint density at radius 3 is 1.57 bits per heavy atom. The first-order valence-corrected chi connectivity index (χ1v) is 8.50. The number of rotatable bonds is 8. The number of hydrogen-bond donors (Lipinski definition) is 0.